The van der Waals surface area contributed by atoms with Gasteiger partial charge in [0.15, 0.2) is 0 Å². The summed E-state index contributed by atoms with van der Waals surface area (Å²) in [5.41, 5.74) is 7.77. The lowest BCUT2D eigenvalue weighted by Gasteiger charge is -2.32. The van der Waals surface area contributed by atoms with E-state index in [9.17, 15) is 0 Å². The fourth-order valence-electron chi connectivity index (χ4n) is 3.15. The fourth-order valence-corrected chi connectivity index (χ4v) is 3.33. The van der Waals surface area contributed by atoms with Gasteiger partial charge in [0.25, 0.3) is 0 Å². The van der Waals surface area contributed by atoms with Gasteiger partial charge in [-0.1, -0.05) is 11.6 Å². The van der Waals surface area contributed by atoms with Gasteiger partial charge >= 0.3 is 0 Å². The number of hydrogen-bond acceptors (Lipinski definition) is 4. The van der Waals surface area contributed by atoms with Crippen LogP contribution < -0.4 is 5.73 Å². The van der Waals surface area contributed by atoms with Crippen LogP contribution >= 0.6 is 11.6 Å². The molecule has 2 aliphatic heterocycles. The summed E-state index contributed by atoms with van der Waals surface area (Å²) in [6.07, 6.45) is 1.24. The Balaban J connectivity index is 1.58. The molecule has 0 spiro atoms. The minimum absolute atomic E-state index is 0.665. The summed E-state index contributed by atoms with van der Waals surface area (Å²) >= 11 is 6.25. The van der Waals surface area contributed by atoms with Gasteiger partial charge in [-0.2, -0.15) is 0 Å². The summed E-state index contributed by atoms with van der Waals surface area (Å²) < 4.78 is 5.42. The first-order chi connectivity index (χ1) is 9.72. The van der Waals surface area contributed by atoms with Crippen molar-refractivity contribution in [2.45, 2.75) is 19.0 Å². The van der Waals surface area contributed by atoms with Crippen LogP contribution in [-0.2, 0) is 11.3 Å². The van der Waals surface area contributed by atoms with E-state index in [0.717, 1.165) is 62.2 Å². The largest absolute Gasteiger partial charge is 0.399 e. The van der Waals surface area contributed by atoms with Gasteiger partial charge in [-0.15, -0.1) is 0 Å². The average molecular weight is 296 g/mol. The Morgan fingerprint density at radius 3 is 2.85 bits per heavy atom. The van der Waals surface area contributed by atoms with Crippen LogP contribution in [-0.4, -0.2) is 55.2 Å². The molecule has 1 aromatic rings. The van der Waals surface area contributed by atoms with Crippen molar-refractivity contribution in [2.24, 2.45) is 0 Å². The number of halogens is 1. The maximum atomic E-state index is 6.25. The highest BCUT2D eigenvalue weighted by Crippen LogP contribution is 2.24. The van der Waals surface area contributed by atoms with Crippen LogP contribution in [0.2, 0.25) is 5.02 Å². The average Bonchev–Trinajstić information content (AvgIpc) is 2.92. The van der Waals surface area contributed by atoms with E-state index in [1.165, 1.54) is 6.42 Å². The smallest absolute Gasteiger partial charge is 0.0594 e. The highest BCUT2D eigenvalue weighted by molar-refractivity contribution is 6.31. The highest BCUT2D eigenvalue weighted by Gasteiger charge is 2.28. The first-order valence-electron chi connectivity index (χ1n) is 7.30. The van der Waals surface area contributed by atoms with Crippen molar-refractivity contribution in [1.29, 1.82) is 0 Å². The molecule has 0 aliphatic carbocycles. The number of benzene rings is 1. The Morgan fingerprint density at radius 1 is 1.25 bits per heavy atom. The molecule has 2 fully saturated rings. The topological polar surface area (TPSA) is 41.7 Å². The van der Waals surface area contributed by atoms with E-state index in [4.69, 9.17) is 22.1 Å². The summed E-state index contributed by atoms with van der Waals surface area (Å²) in [5.74, 6) is 0. The van der Waals surface area contributed by atoms with Gasteiger partial charge in [0.1, 0.15) is 0 Å². The first kappa shape index (κ1) is 14.1. The molecule has 5 heteroatoms. The van der Waals surface area contributed by atoms with Crippen molar-refractivity contribution < 1.29 is 4.74 Å². The molecule has 2 heterocycles. The lowest BCUT2D eigenvalue weighted by Crippen LogP contribution is -2.44. The third-order valence-corrected chi connectivity index (χ3v) is 4.64. The molecule has 1 atom stereocenters. The SMILES string of the molecule is Nc1ccc(Cl)c(CN2CCC(N3CCOCC3)C2)c1. The van der Waals surface area contributed by atoms with E-state index in [1.807, 2.05) is 18.2 Å². The zero-order chi connectivity index (χ0) is 13.9. The fraction of sp³-hybridized carbons (Fsp3) is 0.600. The summed E-state index contributed by atoms with van der Waals surface area (Å²) in [6, 6.07) is 6.40. The molecule has 0 bridgehead atoms. The number of nitrogens with zero attached hydrogens (tertiary/aromatic N) is 2. The van der Waals surface area contributed by atoms with Crippen molar-refractivity contribution in [3.8, 4) is 0 Å². The van der Waals surface area contributed by atoms with Crippen LogP contribution in [0.3, 0.4) is 0 Å². The van der Waals surface area contributed by atoms with Gasteiger partial charge in [-0.05, 0) is 30.2 Å². The summed E-state index contributed by atoms with van der Waals surface area (Å²) in [7, 11) is 0. The minimum atomic E-state index is 0.665. The number of anilines is 1. The number of hydrogen-bond donors (Lipinski definition) is 1. The van der Waals surface area contributed by atoms with E-state index >= 15 is 0 Å². The second kappa shape index (κ2) is 6.31. The quantitative estimate of drug-likeness (QED) is 0.864. The molecular weight excluding hydrogens is 274 g/mol. The van der Waals surface area contributed by atoms with Gasteiger partial charge in [0, 0.05) is 49.5 Å². The molecular formula is C15H22ClN3O. The number of likely N-dealkylation sites (tertiary alicyclic amines) is 1. The summed E-state index contributed by atoms with van der Waals surface area (Å²) in [6.45, 7) is 7.02. The van der Waals surface area contributed by atoms with Crippen LogP contribution in [0.5, 0.6) is 0 Å². The van der Waals surface area contributed by atoms with Gasteiger partial charge in [0.05, 0.1) is 13.2 Å². The number of nitrogen functional groups attached to an aromatic ring is 1. The van der Waals surface area contributed by atoms with Crippen molar-refractivity contribution >= 4 is 17.3 Å². The number of ether oxygens (including phenoxy) is 1. The molecule has 3 rings (SSSR count). The summed E-state index contributed by atoms with van der Waals surface area (Å²) in [4.78, 5) is 5.03. The van der Waals surface area contributed by atoms with E-state index in [1.54, 1.807) is 0 Å². The van der Waals surface area contributed by atoms with Crippen LogP contribution in [0, 0.1) is 0 Å². The van der Waals surface area contributed by atoms with Crippen LogP contribution in [0.25, 0.3) is 0 Å². The van der Waals surface area contributed by atoms with Crippen molar-refractivity contribution in [1.82, 2.24) is 9.80 Å². The Kier molecular flexibility index (Phi) is 4.46. The molecule has 2 aliphatic rings. The molecule has 1 unspecified atom stereocenters. The standard InChI is InChI=1S/C15H22ClN3O/c16-15-2-1-13(17)9-12(15)10-18-4-3-14(11-18)19-5-7-20-8-6-19/h1-2,9,14H,3-8,10-11,17H2. The first-order valence-corrected chi connectivity index (χ1v) is 7.68. The zero-order valence-electron chi connectivity index (χ0n) is 11.7. The van der Waals surface area contributed by atoms with Crippen LogP contribution in [0.1, 0.15) is 12.0 Å². The van der Waals surface area contributed by atoms with Gasteiger partial charge in [0.2, 0.25) is 0 Å². The predicted molar refractivity (Wildman–Crippen MR) is 81.9 cm³/mol. The molecule has 1 aromatic carbocycles. The molecule has 2 N–H and O–H groups in total. The summed E-state index contributed by atoms with van der Waals surface area (Å²) in [5, 5.41) is 0.814. The molecule has 0 radical (unpaired) electrons. The van der Waals surface area contributed by atoms with Crippen molar-refractivity contribution in [2.75, 3.05) is 45.1 Å². The number of morpholine rings is 1. The molecule has 2 saturated heterocycles. The third-order valence-electron chi connectivity index (χ3n) is 4.27. The third kappa shape index (κ3) is 3.26. The molecule has 20 heavy (non-hydrogen) atoms. The minimum Gasteiger partial charge on any atom is -0.399 e. The Hall–Kier alpha value is -0.810. The van der Waals surface area contributed by atoms with E-state index < -0.39 is 0 Å². The van der Waals surface area contributed by atoms with Crippen LogP contribution in [0.15, 0.2) is 18.2 Å². The van der Waals surface area contributed by atoms with Gasteiger partial charge < -0.3 is 10.5 Å². The molecule has 0 saturated carbocycles. The second-order valence-electron chi connectivity index (χ2n) is 5.68. The molecule has 4 nitrogen and oxygen atoms in total. The number of nitrogens with two attached hydrogens (primary N) is 1. The number of rotatable bonds is 3. The Morgan fingerprint density at radius 2 is 2.05 bits per heavy atom. The van der Waals surface area contributed by atoms with Gasteiger partial charge in [-0.3, -0.25) is 9.80 Å². The maximum absolute atomic E-state index is 6.25. The normalized spacial score (nSPS) is 25.1. The Bertz CT molecular complexity index is 462. The van der Waals surface area contributed by atoms with Crippen molar-refractivity contribution in [3.63, 3.8) is 0 Å². The lowest BCUT2D eigenvalue weighted by molar-refractivity contribution is 0.0184. The highest BCUT2D eigenvalue weighted by atomic mass is 35.5. The van der Waals surface area contributed by atoms with E-state index in [-0.39, 0.29) is 0 Å². The lowest BCUT2D eigenvalue weighted by atomic mass is 10.2. The maximum Gasteiger partial charge on any atom is 0.0594 e. The predicted octanol–water partition coefficient (Wildman–Crippen LogP) is 1.83. The van der Waals surface area contributed by atoms with Gasteiger partial charge in [-0.25, -0.2) is 0 Å². The Labute approximate surface area is 125 Å². The molecule has 0 amide bonds. The van der Waals surface area contributed by atoms with Crippen LogP contribution in [0.4, 0.5) is 5.69 Å². The molecule has 110 valence electrons. The second-order valence-corrected chi connectivity index (χ2v) is 6.08. The van der Waals surface area contributed by atoms with E-state index in [0.29, 0.717) is 6.04 Å². The monoisotopic (exact) mass is 295 g/mol. The van der Waals surface area contributed by atoms with E-state index in [2.05, 4.69) is 9.80 Å². The zero-order valence-corrected chi connectivity index (χ0v) is 12.5. The van der Waals surface area contributed by atoms with Crippen molar-refractivity contribution in [3.05, 3.63) is 28.8 Å². The molecule has 0 aromatic heterocycles.